The van der Waals surface area contributed by atoms with Crippen molar-refractivity contribution in [1.82, 2.24) is 15.2 Å². The summed E-state index contributed by atoms with van der Waals surface area (Å²) in [5, 5.41) is 3.74. The van der Waals surface area contributed by atoms with Crippen molar-refractivity contribution in [2.45, 2.75) is 33.4 Å². The minimum absolute atomic E-state index is 0.00184. The molecule has 0 aliphatic carbocycles. The molecule has 0 bridgehead atoms. The predicted molar refractivity (Wildman–Crippen MR) is 139 cm³/mol. The maximum Gasteiger partial charge on any atom is 0.246 e. The SMILES string of the molecule is Cc1ccc(COc2ccc(Oc3c(C)cc(C=CC(=O)N4CCNC[C@@H]4C)cc3Cl)nc2)cc1. The molecule has 1 amide bonds. The second-order valence-electron chi connectivity index (χ2n) is 8.78. The molecule has 182 valence electrons. The molecule has 0 spiro atoms. The van der Waals surface area contributed by atoms with Crippen LogP contribution >= 0.6 is 11.6 Å². The molecule has 1 atom stereocenters. The van der Waals surface area contributed by atoms with Crippen LogP contribution in [0.1, 0.15) is 29.2 Å². The third kappa shape index (κ3) is 6.62. The smallest absolute Gasteiger partial charge is 0.246 e. The lowest BCUT2D eigenvalue weighted by atomic mass is 10.1. The Morgan fingerprint density at radius 1 is 1.20 bits per heavy atom. The van der Waals surface area contributed by atoms with Gasteiger partial charge in [-0.05, 0) is 61.7 Å². The van der Waals surface area contributed by atoms with Gasteiger partial charge in [-0.15, -0.1) is 0 Å². The van der Waals surface area contributed by atoms with Crippen LogP contribution in [0.25, 0.3) is 6.08 Å². The molecule has 7 heteroatoms. The van der Waals surface area contributed by atoms with Crippen LogP contribution in [0.4, 0.5) is 0 Å². The second-order valence-corrected chi connectivity index (χ2v) is 9.18. The molecular weight excluding hydrogens is 462 g/mol. The summed E-state index contributed by atoms with van der Waals surface area (Å²) in [5.74, 6) is 1.61. The Labute approximate surface area is 211 Å². The summed E-state index contributed by atoms with van der Waals surface area (Å²) >= 11 is 6.52. The Morgan fingerprint density at radius 3 is 2.69 bits per heavy atom. The number of nitrogens with zero attached hydrogens (tertiary/aromatic N) is 2. The minimum atomic E-state index is 0.00184. The number of aromatic nitrogens is 1. The van der Waals surface area contributed by atoms with Gasteiger partial charge in [0.1, 0.15) is 12.4 Å². The fourth-order valence-electron chi connectivity index (χ4n) is 3.88. The van der Waals surface area contributed by atoms with Crippen LogP contribution in [-0.4, -0.2) is 41.5 Å². The molecule has 1 aliphatic heterocycles. The molecule has 1 N–H and O–H groups in total. The summed E-state index contributed by atoms with van der Waals surface area (Å²) in [5.41, 5.74) is 4.00. The van der Waals surface area contributed by atoms with Gasteiger partial charge in [-0.2, -0.15) is 0 Å². The number of benzene rings is 2. The second kappa shape index (κ2) is 11.4. The Hall–Kier alpha value is -3.35. The van der Waals surface area contributed by atoms with Crippen molar-refractivity contribution in [3.05, 3.63) is 88.1 Å². The summed E-state index contributed by atoms with van der Waals surface area (Å²) < 4.78 is 11.8. The Morgan fingerprint density at radius 2 is 2.00 bits per heavy atom. The lowest BCUT2D eigenvalue weighted by Crippen LogP contribution is -2.51. The quantitative estimate of drug-likeness (QED) is 0.438. The normalized spacial score (nSPS) is 15.9. The summed E-state index contributed by atoms with van der Waals surface area (Å²) in [6.07, 6.45) is 5.02. The number of carbonyl (C=O) groups excluding carboxylic acids is 1. The van der Waals surface area contributed by atoms with Crippen molar-refractivity contribution in [2.75, 3.05) is 19.6 Å². The standard InChI is InChI=1S/C28H30ClN3O3/c1-19-4-6-22(7-5-19)18-34-24-9-10-26(31-17-24)35-28-20(2)14-23(15-25(28)29)8-11-27(33)32-13-12-30-16-21(32)3/h4-11,14-15,17,21,30H,12-13,16,18H2,1-3H3/t21-/m0/s1. The number of amides is 1. The van der Waals surface area contributed by atoms with Crippen LogP contribution < -0.4 is 14.8 Å². The molecule has 1 aromatic heterocycles. The molecular formula is C28H30ClN3O3. The predicted octanol–water partition coefficient (Wildman–Crippen LogP) is 5.56. The van der Waals surface area contributed by atoms with Gasteiger partial charge in [0.15, 0.2) is 5.75 Å². The highest BCUT2D eigenvalue weighted by atomic mass is 35.5. The summed E-state index contributed by atoms with van der Waals surface area (Å²) in [6.45, 7) is 8.82. The van der Waals surface area contributed by atoms with Crippen molar-refractivity contribution in [3.8, 4) is 17.4 Å². The van der Waals surface area contributed by atoms with Gasteiger partial charge in [0, 0.05) is 37.8 Å². The van der Waals surface area contributed by atoms with E-state index in [-0.39, 0.29) is 11.9 Å². The van der Waals surface area contributed by atoms with Crippen LogP contribution in [0.2, 0.25) is 5.02 Å². The zero-order valence-electron chi connectivity index (χ0n) is 20.3. The largest absolute Gasteiger partial charge is 0.487 e. The monoisotopic (exact) mass is 491 g/mol. The fraction of sp³-hybridized carbons (Fsp3) is 0.286. The van der Waals surface area contributed by atoms with E-state index in [0.717, 1.165) is 29.8 Å². The fourth-order valence-corrected chi connectivity index (χ4v) is 4.20. The van der Waals surface area contributed by atoms with Gasteiger partial charge in [0.25, 0.3) is 0 Å². The van der Waals surface area contributed by atoms with Gasteiger partial charge < -0.3 is 19.7 Å². The first-order valence-electron chi connectivity index (χ1n) is 11.7. The van der Waals surface area contributed by atoms with Gasteiger partial charge >= 0.3 is 0 Å². The average molecular weight is 492 g/mol. The Kier molecular flexibility index (Phi) is 8.06. The molecule has 2 aromatic carbocycles. The van der Waals surface area contributed by atoms with Crippen molar-refractivity contribution in [2.24, 2.45) is 0 Å². The zero-order chi connectivity index (χ0) is 24.8. The molecule has 35 heavy (non-hydrogen) atoms. The van der Waals surface area contributed by atoms with Crippen LogP contribution in [0.3, 0.4) is 0 Å². The third-order valence-corrected chi connectivity index (χ3v) is 6.18. The van der Waals surface area contributed by atoms with Gasteiger partial charge in [-0.1, -0.05) is 41.4 Å². The first kappa shape index (κ1) is 24.8. The first-order chi connectivity index (χ1) is 16.9. The number of pyridine rings is 1. The maximum absolute atomic E-state index is 12.6. The molecule has 0 radical (unpaired) electrons. The van der Waals surface area contributed by atoms with Crippen molar-refractivity contribution >= 4 is 23.6 Å². The van der Waals surface area contributed by atoms with E-state index in [1.165, 1.54) is 5.56 Å². The van der Waals surface area contributed by atoms with E-state index in [4.69, 9.17) is 21.1 Å². The molecule has 2 heterocycles. The minimum Gasteiger partial charge on any atom is -0.487 e. The summed E-state index contributed by atoms with van der Waals surface area (Å²) in [4.78, 5) is 18.8. The van der Waals surface area contributed by atoms with Crippen LogP contribution in [0, 0.1) is 13.8 Å². The number of aryl methyl sites for hydroxylation is 2. The summed E-state index contributed by atoms with van der Waals surface area (Å²) in [6, 6.07) is 15.7. The number of rotatable bonds is 7. The number of halogens is 1. The van der Waals surface area contributed by atoms with Gasteiger partial charge in [-0.25, -0.2) is 4.98 Å². The maximum atomic E-state index is 12.6. The van der Waals surface area contributed by atoms with E-state index in [9.17, 15) is 4.79 Å². The number of ether oxygens (including phenoxy) is 2. The third-order valence-electron chi connectivity index (χ3n) is 5.90. The highest BCUT2D eigenvalue weighted by Gasteiger charge is 2.21. The number of hydrogen-bond donors (Lipinski definition) is 1. The number of carbonyl (C=O) groups is 1. The highest BCUT2D eigenvalue weighted by molar-refractivity contribution is 6.32. The molecule has 0 unspecified atom stereocenters. The first-order valence-corrected chi connectivity index (χ1v) is 12.1. The van der Waals surface area contributed by atoms with E-state index >= 15 is 0 Å². The molecule has 6 nitrogen and oxygen atoms in total. The Balaban J connectivity index is 1.37. The Bertz CT molecular complexity index is 1170. The van der Waals surface area contributed by atoms with Crippen molar-refractivity contribution < 1.29 is 14.3 Å². The number of nitrogens with one attached hydrogen (secondary N) is 1. The lowest BCUT2D eigenvalue weighted by molar-refractivity contribution is -0.128. The van der Waals surface area contributed by atoms with Gasteiger partial charge in [0.05, 0.1) is 11.2 Å². The van der Waals surface area contributed by atoms with E-state index in [0.29, 0.717) is 35.6 Å². The molecule has 0 saturated carbocycles. The van der Waals surface area contributed by atoms with Crippen LogP contribution in [-0.2, 0) is 11.4 Å². The van der Waals surface area contributed by atoms with Gasteiger partial charge in [-0.3, -0.25) is 4.79 Å². The molecule has 4 rings (SSSR count). The van der Waals surface area contributed by atoms with Crippen LogP contribution in [0.15, 0.2) is 60.8 Å². The lowest BCUT2D eigenvalue weighted by Gasteiger charge is -2.33. The molecule has 1 aliphatic rings. The van der Waals surface area contributed by atoms with Crippen LogP contribution in [0.5, 0.6) is 17.4 Å². The van der Waals surface area contributed by atoms with E-state index in [2.05, 4.69) is 29.4 Å². The average Bonchev–Trinajstić information content (AvgIpc) is 2.85. The highest BCUT2D eigenvalue weighted by Crippen LogP contribution is 2.34. The summed E-state index contributed by atoms with van der Waals surface area (Å²) in [7, 11) is 0. The van der Waals surface area contributed by atoms with E-state index in [1.54, 1.807) is 30.5 Å². The zero-order valence-corrected chi connectivity index (χ0v) is 21.0. The molecule has 1 fully saturated rings. The van der Waals surface area contributed by atoms with Gasteiger partial charge in [0.2, 0.25) is 11.8 Å². The molecule has 1 saturated heterocycles. The topological polar surface area (TPSA) is 63.7 Å². The number of hydrogen-bond acceptors (Lipinski definition) is 5. The van der Waals surface area contributed by atoms with Crippen molar-refractivity contribution in [1.29, 1.82) is 0 Å². The number of piperazine rings is 1. The molecule has 3 aromatic rings. The van der Waals surface area contributed by atoms with E-state index in [1.807, 2.05) is 43.0 Å². The van der Waals surface area contributed by atoms with Crippen molar-refractivity contribution in [3.63, 3.8) is 0 Å². The van der Waals surface area contributed by atoms with E-state index < -0.39 is 0 Å².